The fourth-order valence-corrected chi connectivity index (χ4v) is 3.35. The van der Waals surface area contributed by atoms with Crippen LogP contribution in [0.5, 0.6) is 0 Å². The van der Waals surface area contributed by atoms with Crippen molar-refractivity contribution >= 4 is 21.4 Å². The van der Waals surface area contributed by atoms with Crippen LogP contribution in [0.25, 0.3) is 0 Å². The van der Waals surface area contributed by atoms with Gasteiger partial charge in [0.05, 0.1) is 10.9 Å². The average molecular weight is 292 g/mol. The van der Waals surface area contributed by atoms with E-state index in [1.165, 1.54) is 0 Å². The Labute approximate surface area is 109 Å². The molecule has 19 heavy (non-hydrogen) atoms. The Hall–Kier alpha value is -1.41. The van der Waals surface area contributed by atoms with Crippen LogP contribution >= 0.6 is 0 Å². The Bertz CT molecular complexity index is 572. The Morgan fingerprint density at radius 1 is 1.26 bits per heavy atom. The quantitative estimate of drug-likeness (QED) is 0.827. The molecular weight excluding hydrogens is 278 g/mol. The van der Waals surface area contributed by atoms with E-state index < -0.39 is 32.6 Å². The largest absolute Gasteiger partial charge is 0.397 e. The number of anilines is 2. The second kappa shape index (κ2) is 5.30. The standard InChI is InChI=1S/C11H14F2N2O3S/c12-8-1-2-9(14)11(10(8)13)15-19(16,17)7-3-5-18-6-4-7/h1-2,7,15H,3-6,14H2. The summed E-state index contributed by atoms with van der Waals surface area (Å²) >= 11 is 0. The van der Waals surface area contributed by atoms with Gasteiger partial charge in [0.25, 0.3) is 0 Å². The molecule has 1 fully saturated rings. The molecule has 0 unspecified atom stereocenters. The molecule has 1 aromatic carbocycles. The molecular formula is C11H14F2N2O3S. The number of benzene rings is 1. The van der Waals surface area contributed by atoms with E-state index in [-0.39, 0.29) is 5.69 Å². The SMILES string of the molecule is Nc1ccc(F)c(F)c1NS(=O)(=O)C1CCOCC1. The lowest BCUT2D eigenvalue weighted by Gasteiger charge is -2.23. The maximum atomic E-state index is 13.6. The molecule has 106 valence electrons. The Balaban J connectivity index is 2.27. The zero-order valence-corrected chi connectivity index (χ0v) is 10.8. The second-order valence-electron chi connectivity index (χ2n) is 4.28. The fourth-order valence-electron chi connectivity index (χ4n) is 1.88. The van der Waals surface area contributed by atoms with Gasteiger partial charge >= 0.3 is 0 Å². The highest BCUT2D eigenvalue weighted by atomic mass is 32.2. The van der Waals surface area contributed by atoms with Crippen molar-refractivity contribution in [3.05, 3.63) is 23.8 Å². The molecule has 1 heterocycles. The van der Waals surface area contributed by atoms with Crippen LogP contribution < -0.4 is 10.5 Å². The molecule has 0 atom stereocenters. The molecule has 0 aromatic heterocycles. The molecule has 1 saturated heterocycles. The lowest BCUT2D eigenvalue weighted by Crippen LogP contribution is -2.33. The molecule has 1 aromatic rings. The van der Waals surface area contributed by atoms with Crippen LogP contribution in [0.15, 0.2) is 12.1 Å². The van der Waals surface area contributed by atoms with Gasteiger partial charge in [-0.2, -0.15) is 0 Å². The maximum absolute atomic E-state index is 13.6. The third kappa shape index (κ3) is 2.95. The van der Waals surface area contributed by atoms with Crippen LogP contribution in [0.1, 0.15) is 12.8 Å². The highest BCUT2D eigenvalue weighted by Crippen LogP contribution is 2.27. The van der Waals surface area contributed by atoms with Crippen molar-refractivity contribution < 1.29 is 21.9 Å². The van der Waals surface area contributed by atoms with E-state index in [0.29, 0.717) is 26.1 Å². The summed E-state index contributed by atoms with van der Waals surface area (Å²) in [5.74, 6) is -2.45. The predicted octanol–water partition coefficient (Wildman–Crippen LogP) is 1.47. The zero-order valence-electron chi connectivity index (χ0n) is 10.0. The van der Waals surface area contributed by atoms with E-state index in [9.17, 15) is 17.2 Å². The third-order valence-corrected chi connectivity index (χ3v) is 4.82. The lowest BCUT2D eigenvalue weighted by atomic mass is 10.2. The summed E-state index contributed by atoms with van der Waals surface area (Å²) in [6.07, 6.45) is 0.623. The number of nitrogens with two attached hydrogens (primary N) is 1. The fraction of sp³-hybridized carbons (Fsp3) is 0.455. The highest BCUT2D eigenvalue weighted by Gasteiger charge is 2.29. The molecule has 0 spiro atoms. The second-order valence-corrected chi connectivity index (χ2v) is 6.25. The van der Waals surface area contributed by atoms with Gasteiger partial charge in [0.2, 0.25) is 10.0 Å². The number of nitrogen functional groups attached to an aromatic ring is 1. The molecule has 0 saturated carbocycles. The predicted molar refractivity (Wildman–Crippen MR) is 67.2 cm³/mol. The summed E-state index contributed by atoms with van der Waals surface area (Å²) in [6.45, 7) is 0.652. The van der Waals surface area contributed by atoms with Crippen LogP contribution in [0, 0.1) is 11.6 Å². The van der Waals surface area contributed by atoms with Crippen molar-refractivity contribution in [1.82, 2.24) is 0 Å². The number of rotatable bonds is 3. The van der Waals surface area contributed by atoms with Crippen LogP contribution in [0.4, 0.5) is 20.2 Å². The molecule has 5 nitrogen and oxygen atoms in total. The Morgan fingerprint density at radius 3 is 2.53 bits per heavy atom. The first-order chi connectivity index (χ1) is 8.92. The van der Waals surface area contributed by atoms with Crippen molar-refractivity contribution in [2.24, 2.45) is 0 Å². The first kappa shape index (κ1) is 14.0. The van der Waals surface area contributed by atoms with Crippen molar-refractivity contribution in [2.45, 2.75) is 18.1 Å². The van der Waals surface area contributed by atoms with Gasteiger partial charge in [0, 0.05) is 13.2 Å². The molecule has 1 aliphatic heterocycles. The third-order valence-electron chi connectivity index (χ3n) is 2.98. The average Bonchev–Trinajstić information content (AvgIpc) is 2.40. The summed E-state index contributed by atoms with van der Waals surface area (Å²) < 4.78 is 57.9. The van der Waals surface area contributed by atoms with E-state index >= 15 is 0 Å². The molecule has 1 aliphatic rings. The van der Waals surface area contributed by atoms with Crippen LogP contribution in [0.3, 0.4) is 0 Å². The summed E-state index contributed by atoms with van der Waals surface area (Å²) in [5, 5.41) is -0.691. The van der Waals surface area contributed by atoms with E-state index in [2.05, 4.69) is 0 Å². The van der Waals surface area contributed by atoms with Gasteiger partial charge in [-0.05, 0) is 25.0 Å². The molecule has 2 rings (SSSR count). The van der Waals surface area contributed by atoms with Crippen molar-refractivity contribution in [3.8, 4) is 0 Å². The number of halogens is 2. The van der Waals surface area contributed by atoms with Gasteiger partial charge in [-0.25, -0.2) is 17.2 Å². The van der Waals surface area contributed by atoms with E-state index in [1.54, 1.807) is 0 Å². The number of hydrogen-bond acceptors (Lipinski definition) is 4. The van der Waals surface area contributed by atoms with Crippen LogP contribution in [-0.4, -0.2) is 26.9 Å². The van der Waals surface area contributed by atoms with Gasteiger partial charge < -0.3 is 10.5 Å². The molecule has 0 aliphatic carbocycles. The smallest absolute Gasteiger partial charge is 0.235 e. The molecule has 0 amide bonds. The summed E-state index contributed by atoms with van der Waals surface area (Å²) in [6, 6.07) is 1.96. The van der Waals surface area contributed by atoms with E-state index in [1.807, 2.05) is 4.72 Å². The summed E-state index contributed by atoms with van der Waals surface area (Å²) in [5.41, 5.74) is 4.78. The van der Waals surface area contributed by atoms with Gasteiger partial charge in [0.1, 0.15) is 5.69 Å². The lowest BCUT2D eigenvalue weighted by molar-refractivity contribution is 0.0984. The monoisotopic (exact) mass is 292 g/mol. The normalized spacial score (nSPS) is 17.4. The Kier molecular flexibility index (Phi) is 3.91. The first-order valence-electron chi connectivity index (χ1n) is 5.74. The minimum atomic E-state index is -3.81. The van der Waals surface area contributed by atoms with E-state index in [0.717, 1.165) is 12.1 Å². The molecule has 8 heteroatoms. The summed E-state index contributed by atoms with van der Waals surface area (Å²) in [4.78, 5) is 0. The number of sulfonamides is 1. The van der Waals surface area contributed by atoms with Crippen molar-refractivity contribution in [3.63, 3.8) is 0 Å². The van der Waals surface area contributed by atoms with Crippen molar-refractivity contribution in [1.29, 1.82) is 0 Å². The van der Waals surface area contributed by atoms with Gasteiger partial charge in [-0.3, -0.25) is 4.72 Å². The first-order valence-corrected chi connectivity index (χ1v) is 7.29. The zero-order chi connectivity index (χ0) is 14.0. The molecule has 0 bridgehead atoms. The summed E-state index contributed by atoms with van der Waals surface area (Å²) in [7, 11) is -3.81. The molecule has 3 N–H and O–H groups in total. The van der Waals surface area contributed by atoms with Gasteiger partial charge in [-0.1, -0.05) is 0 Å². The number of hydrogen-bond donors (Lipinski definition) is 2. The van der Waals surface area contributed by atoms with Crippen LogP contribution in [-0.2, 0) is 14.8 Å². The molecule has 0 radical (unpaired) electrons. The number of nitrogens with one attached hydrogen (secondary N) is 1. The minimum absolute atomic E-state index is 0.158. The highest BCUT2D eigenvalue weighted by molar-refractivity contribution is 7.93. The topological polar surface area (TPSA) is 81.4 Å². The minimum Gasteiger partial charge on any atom is -0.397 e. The van der Waals surface area contributed by atoms with Crippen LogP contribution in [0.2, 0.25) is 0 Å². The maximum Gasteiger partial charge on any atom is 0.235 e. The van der Waals surface area contributed by atoms with E-state index in [4.69, 9.17) is 10.5 Å². The number of ether oxygens (including phenoxy) is 1. The van der Waals surface area contributed by atoms with Crippen molar-refractivity contribution in [2.75, 3.05) is 23.7 Å². The Morgan fingerprint density at radius 2 is 1.89 bits per heavy atom. The van der Waals surface area contributed by atoms with Gasteiger partial charge in [0.15, 0.2) is 11.6 Å². The van der Waals surface area contributed by atoms with Gasteiger partial charge in [-0.15, -0.1) is 0 Å².